The van der Waals surface area contributed by atoms with Crippen molar-refractivity contribution in [2.24, 2.45) is 11.8 Å². The lowest BCUT2D eigenvalue weighted by molar-refractivity contribution is 0.0637. The number of hydrogen-bond donors (Lipinski definition) is 2. The Labute approximate surface area is 147 Å². The summed E-state index contributed by atoms with van der Waals surface area (Å²) in [5, 5.41) is 11.2. The van der Waals surface area contributed by atoms with Gasteiger partial charge in [0.25, 0.3) is 5.91 Å². The van der Waals surface area contributed by atoms with Gasteiger partial charge in [-0.05, 0) is 62.7 Å². The average molecular weight is 350 g/mol. The van der Waals surface area contributed by atoms with Gasteiger partial charge in [0, 0.05) is 18.5 Å². The molecule has 130 valence electrons. The molecule has 1 amide bonds. The number of fused-ring (bicyclic) bond motifs is 1. The van der Waals surface area contributed by atoms with Crippen molar-refractivity contribution in [3.05, 3.63) is 24.0 Å². The van der Waals surface area contributed by atoms with Gasteiger partial charge >= 0.3 is 0 Å². The number of aromatic amines is 1. The highest BCUT2D eigenvalue weighted by Crippen LogP contribution is 2.31. The predicted octanol–water partition coefficient (Wildman–Crippen LogP) is 2.23. The van der Waals surface area contributed by atoms with Gasteiger partial charge in [-0.2, -0.15) is 5.10 Å². The van der Waals surface area contributed by atoms with Gasteiger partial charge in [-0.15, -0.1) is 12.4 Å². The molecule has 2 N–H and O–H groups in total. The molecule has 0 bridgehead atoms. The van der Waals surface area contributed by atoms with E-state index in [1.54, 1.807) is 12.3 Å². The Bertz CT molecular complexity index is 689. The number of H-pyrrole nitrogens is 1. The Morgan fingerprint density at radius 2 is 1.79 bits per heavy atom. The molecule has 0 aliphatic carbocycles. The monoisotopic (exact) mass is 349 g/mol. The molecule has 2 aromatic rings. The molecule has 4 rings (SSSR count). The number of pyridine rings is 1. The first-order chi connectivity index (χ1) is 11.3. The Hall–Kier alpha value is -1.66. The Balaban J connectivity index is 0.00000169. The largest absolute Gasteiger partial charge is 0.337 e. The van der Waals surface area contributed by atoms with Gasteiger partial charge in [0.1, 0.15) is 5.69 Å². The van der Waals surface area contributed by atoms with Crippen molar-refractivity contribution in [2.45, 2.75) is 25.7 Å². The minimum absolute atomic E-state index is 0. The zero-order chi connectivity index (χ0) is 15.6. The van der Waals surface area contributed by atoms with Crippen molar-refractivity contribution in [3.8, 4) is 0 Å². The Kier molecular flexibility index (Phi) is 5.36. The van der Waals surface area contributed by atoms with E-state index in [2.05, 4.69) is 20.5 Å². The summed E-state index contributed by atoms with van der Waals surface area (Å²) in [5.41, 5.74) is 1.20. The smallest absolute Gasteiger partial charge is 0.272 e. The molecule has 0 spiro atoms. The van der Waals surface area contributed by atoms with Crippen LogP contribution in [0.1, 0.15) is 36.2 Å². The van der Waals surface area contributed by atoms with Gasteiger partial charge < -0.3 is 10.2 Å². The highest BCUT2D eigenvalue weighted by Gasteiger charge is 2.29. The number of halogens is 1. The zero-order valence-corrected chi connectivity index (χ0v) is 14.5. The molecule has 2 aromatic heterocycles. The van der Waals surface area contributed by atoms with E-state index in [1.165, 1.54) is 12.8 Å². The fraction of sp³-hybridized carbons (Fsp3) is 0.588. The van der Waals surface area contributed by atoms with E-state index in [0.717, 1.165) is 56.2 Å². The summed E-state index contributed by atoms with van der Waals surface area (Å²) in [7, 11) is 0. The van der Waals surface area contributed by atoms with E-state index in [9.17, 15) is 4.79 Å². The van der Waals surface area contributed by atoms with Crippen LogP contribution in [0, 0.1) is 11.8 Å². The normalized spacial score (nSPS) is 20.1. The van der Waals surface area contributed by atoms with E-state index < -0.39 is 0 Å². The van der Waals surface area contributed by atoms with Crippen LogP contribution in [0.15, 0.2) is 18.3 Å². The number of rotatable bonds is 2. The molecule has 2 aliphatic heterocycles. The molecule has 0 unspecified atom stereocenters. The molecule has 2 saturated heterocycles. The number of aromatic nitrogens is 3. The summed E-state index contributed by atoms with van der Waals surface area (Å²) < 4.78 is 0. The van der Waals surface area contributed by atoms with Crippen molar-refractivity contribution >= 4 is 29.3 Å². The summed E-state index contributed by atoms with van der Waals surface area (Å²) in [6.45, 7) is 4.02. The molecular weight excluding hydrogens is 326 g/mol. The number of nitrogens with zero attached hydrogens (tertiary/aromatic N) is 3. The lowest BCUT2D eigenvalue weighted by Crippen LogP contribution is -2.42. The minimum atomic E-state index is 0. The fourth-order valence-electron chi connectivity index (χ4n) is 4.00. The van der Waals surface area contributed by atoms with Gasteiger partial charge in [-0.25, -0.2) is 4.98 Å². The molecule has 7 heteroatoms. The average Bonchev–Trinajstić information content (AvgIpc) is 3.10. The van der Waals surface area contributed by atoms with E-state index in [1.807, 2.05) is 11.0 Å². The summed E-state index contributed by atoms with van der Waals surface area (Å²) in [4.78, 5) is 19.0. The first-order valence-corrected chi connectivity index (χ1v) is 8.61. The number of nitrogens with one attached hydrogen (secondary N) is 2. The van der Waals surface area contributed by atoms with Crippen LogP contribution in [0.2, 0.25) is 0 Å². The first-order valence-electron chi connectivity index (χ1n) is 8.61. The molecule has 6 nitrogen and oxygen atoms in total. The third kappa shape index (κ3) is 3.39. The Morgan fingerprint density at radius 3 is 2.54 bits per heavy atom. The lowest BCUT2D eigenvalue weighted by Gasteiger charge is -2.37. The highest BCUT2D eigenvalue weighted by molar-refractivity contribution is 5.94. The summed E-state index contributed by atoms with van der Waals surface area (Å²) in [6, 6.07) is 3.71. The van der Waals surface area contributed by atoms with E-state index in [4.69, 9.17) is 0 Å². The quantitative estimate of drug-likeness (QED) is 0.872. The maximum atomic E-state index is 12.7. The van der Waals surface area contributed by atoms with Crippen LogP contribution in [-0.4, -0.2) is 52.2 Å². The van der Waals surface area contributed by atoms with Gasteiger partial charge in [-0.1, -0.05) is 0 Å². The molecule has 0 saturated carbocycles. The van der Waals surface area contributed by atoms with Crippen LogP contribution in [0.25, 0.3) is 11.0 Å². The number of hydrogen-bond acceptors (Lipinski definition) is 4. The van der Waals surface area contributed by atoms with Crippen LogP contribution in [0.4, 0.5) is 0 Å². The number of piperidine rings is 2. The van der Waals surface area contributed by atoms with Gasteiger partial charge in [0.2, 0.25) is 0 Å². The highest BCUT2D eigenvalue weighted by atomic mass is 35.5. The topological polar surface area (TPSA) is 73.9 Å². The summed E-state index contributed by atoms with van der Waals surface area (Å²) in [5.74, 6) is 1.67. The third-order valence-electron chi connectivity index (χ3n) is 5.40. The first kappa shape index (κ1) is 17.2. The van der Waals surface area contributed by atoms with Crippen molar-refractivity contribution < 1.29 is 4.79 Å². The molecular formula is C17H24ClN5O. The number of likely N-dealkylation sites (tertiary alicyclic amines) is 1. The van der Waals surface area contributed by atoms with E-state index >= 15 is 0 Å². The van der Waals surface area contributed by atoms with Crippen LogP contribution in [0.5, 0.6) is 0 Å². The third-order valence-corrected chi connectivity index (χ3v) is 5.40. The van der Waals surface area contributed by atoms with Gasteiger partial charge in [0.05, 0.1) is 6.20 Å². The molecule has 0 atom stereocenters. The molecule has 4 heterocycles. The van der Waals surface area contributed by atoms with Crippen molar-refractivity contribution in [1.29, 1.82) is 0 Å². The van der Waals surface area contributed by atoms with Gasteiger partial charge in [-0.3, -0.25) is 9.89 Å². The van der Waals surface area contributed by atoms with Crippen LogP contribution in [-0.2, 0) is 0 Å². The number of carbonyl (C=O) groups is 1. The number of amides is 1. The molecule has 24 heavy (non-hydrogen) atoms. The zero-order valence-electron chi connectivity index (χ0n) is 13.7. The van der Waals surface area contributed by atoms with Gasteiger partial charge in [0.15, 0.2) is 5.65 Å². The van der Waals surface area contributed by atoms with Crippen LogP contribution >= 0.6 is 12.4 Å². The lowest BCUT2D eigenvalue weighted by atomic mass is 9.79. The number of carbonyl (C=O) groups excluding carboxylic acids is 1. The summed E-state index contributed by atoms with van der Waals surface area (Å²) in [6.07, 6.45) is 6.56. The SMILES string of the molecule is Cl.O=C(c1ccc2cn[nH]c2n1)N1CCC(C2CCNCC2)CC1. The second-order valence-electron chi connectivity index (χ2n) is 6.72. The maximum Gasteiger partial charge on any atom is 0.272 e. The Morgan fingerprint density at radius 1 is 1.08 bits per heavy atom. The standard InChI is InChI=1S/C17H23N5O.ClH/c23-17(15-2-1-14-11-19-21-16(14)20-15)22-9-5-13(6-10-22)12-3-7-18-8-4-12;/h1-2,11-13,18H,3-10H2,(H,19,20,21);1H. The molecule has 2 aliphatic rings. The second kappa shape index (κ2) is 7.49. The predicted molar refractivity (Wildman–Crippen MR) is 95.4 cm³/mol. The second-order valence-corrected chi connectivity index (χ2v) is 6.72. The van der Waals surface area contributed by atoms with Crippen molar-refractivity contribution in [2.75, 3.05) is 26.2 Å². The molecule has 0 radical (unpaired) electrons. The van der Waals surface area contributed by atoms with Crippen LogP contribution < -0.4 is 5.32 Å². The minimum Gasteiger partial charge on any atom is -0.337 e. The molecule has 0 aromatic carbocycles. The van der Waals surface area contributed by atoms with Crippen molar-refractivity contribution in [1.82, 2.24) is 25.4 Å². The maximum absolute atomic E-state index is 12.7. The van der Waals surface area contributed by atoms with Crippen molar-refractivity contribution in [3.63, 3.8) is 0 Å². The van der Waals surface area contributed by atoms with E-state index in [-0.39, 0.29) is 18.3 Å². The van der Waals surface area contributed by atoms with Crippen LogP contribution in [0.3, 0.4) is 0 Å². The molecule has 2 fully saturated rings. The summed E-state index contributed by atoms with van der Waals surface area (Å²) >= 11 is 0. The van der Waals surface area contributed by atoms with E-state index in [0.29, 0.717) is 11.3 Å². The fourth-order valence-corrected chi connectivity index (χ4v) is 4.00.